The van der Waals surface area contributed by atoms with Crippen molar-refractivity contribution in [2.45, 2.75) is 112 Å². The normalized spacial score (nSPS) is 21.6. The van der Waals surface area contributed by atoms with Crippen molar-refractivity contribution in [2.75, 3.05) is 13.1 Å². The van der Waals surface area contributed by atoms with Crippen LogP contribution in [0.25, 0.3) is 0 Å². The van der Waals surface area contributed by atoms with Crippen LogP contribution < -0.4 is 10.6 Å². The molecule has 2 amide bonds. The van der Waals surface area contributed by atoms with Crippen molar-refractivity contribution in [2.24, 2.45) is 0 Å². The molecule has 20 heteroatoms. The largest absolute Gasteiger partial charge is 0.478 e. The van der Waals surface area contributed by atoms with E-state index >= 15 is 0 Å². The van der Waals surface area contributed by atoms with Crippen LogP contribution in [0.4, 0.5) is 43.9 Å². The Hall–Kier alpha value is -6.02. The zero-order chi connectivity index (χ0) is 49.5. The van der Waals surface area contributed by atoms with Gasteiger partial charge in [-0.15, -0.1) is 0 Å². The molecular weight excluding hydrogens is 919 g/mol. The number of amides is 2. The lowest BCUT2D eigenvalue weighted by Gasteiger charge is -2.39. The molecule has 2 aliphatic heterocycles. The number of alkyl halides is 10. The van der Waals surface area contributed by atoms with Crippen molar-refractivity contribution in [1.82, 2.24) is 20.4 Å². The lowest BCUT2D eigenvalue weighted by atomic mass is 9.95. The number of rotatable bonds is 12. The summed E-state index contributed by atoms with van der Waals surface area (Å²) in [7, 11) is 0. The van der Waals surface area contributed by atoms with E-state index in [9.17, 15) is 63.1 Å². The smallest absolute Gasteiger partial charge is 0.416 e. The fourth-order valence-electron chi connectivity index (χ4n) is 8.73. The van der Waals surface area contributed by atoms with Crippen LogP contribution >= 0.6 is 0 Å². The van der Waals surface area contributed by atoms with E-state index in [0.29, 0.717) is 36.8 Å². The molecule has 4 aliphatic rings. The molecule has 4 N–H and O–H groups in total. The number of hydrogen-bond donors (Lipinski definition) is 4. The highest BCUT2D eigenvalue weighted by molar-refractivity contribution is 5.88. The average Bonchev–Trinajstić information content (AvgIpc) is 4.22. The predicted molar refractivity (Wildman–Crippen MR) is 225 cm³/mol. The number of benzene rings is 4. The van der Waals surface area contributed by atoms with Gasteiger partial charge in [0, 0.05) is 51.9 Å². The van der Waals surface area contributed by atoms with Crippen LogP contribution in [0.2, 0.25) is 0 Å². The van der Waals surface area contributed by atoms with E-state index in [1.54, 1.807) is 24.3 Å². The minimum absolute atomic E-state index is 0.0710. The first-order valence-corrected chi connectivity index (χ1v) is 21.6. The first kappa shape index (κ1) is 49.9. The molecule has 2 aliphatic carbocycles. The van der Waals surface area contributed by atoms with Crippen molar-refractivity contribution in [3.63, 3.8) is 0 Å². The van der Waals surface area contributed by atoms with Crippen LogP contribution in [0, 0.1) is 0 Å². The van der Waals surface area contributed by atoms with Crippen LogP contribution in [0.1, 0.15) is 105 Å². The number of aromatic carboxylic acids is 2. The second kappa shape index (κ2) is 18.8. The Labute approximate surface area is 383 Å². The molecule has 2 saturated carbocycles. The average molecular weight is 965 g/mol. The van der Waals surface area contributed by atoms with E-state index < -0.39 is 108 Å². The number of piperidine rings is 2. The number of carboxylic acid groups (broad SMARTS) is 2. The van der Waals surface area contributed by atoms with Crippen LogP contribution in [-0.4, -0.2) is 80.8 Å². The molecule has 0 aromatic heterocycles. The lowest BCUT2D eigenvalue weighted by Crippen LogP contribution is -2.55. The summed E-state index contributed by atoms with van der Waals surface area (Å²) in [6.07, 6.45) is -9.22. The van der Waals surface area contributed by atoms with Gasteiger partial charge in [-0.3, -0.25) is 19.4 Å². The number of nitrogens with one attached hydrogen (secondary N) is 2. The molecule has 10 nitrogen and oxygen atoms in total. The summed E-state index contributed by atoms with van der Waals surface area (Å²) < 4.78 is 135. The zero-order valence-corrected chi connectivity index (χ0v) is 36.1. The third kappa shape index (κ3) is 12.0. The number of carbonyl (C=O) groups excluding carboxylic acids is 2. The van der Waals surface area contributed by atoms with Crippen molar-refractivity contribution < 1.29 is 73.3 Å². The summed E-state index contributed by atoms with van der Waals surface area (Å²) in [6.45, 7) is -0.417. The van der Waals surface area contributed by atoms with Gasteiger partial charge in [0.2, 0.25) is 11.8 Å². The second-order valence-corrected chi connectivity index (χ2v) is 17.9. The Balaban J connectivity index is 0.000000201. The molecule has 8 rings (SSSR count). The molecule has 364 valence electrons. The Morgan fingerprint density at radius 3 is 1.16 bits per heavy atom. The maximum atomic E-state index is 14.2. The molecule has 4 aromatic carbocycles. The van der Waals surface area contributed by atoms with Crippen LogP contribution in [0.15, 0.2) is 97.1 Å². The minimum atomic E-state index is -4.53. The summed E-state index contributed by atoms with van der Waals surface area (Å²) in [6, 6.07) is 18.9. The maximum Gasteiger partial charge on any atom is 0.416 e. The van der Waals surface area contributed by atoms with Gasteiger partial charge in [-0.2, -0.15) is 26.3 Å². The Kier molecular flexibility index (Phi) is 13.8. The van der Waals surface area contributed by atoms with E-state index in [0.717, 1.165) is 24.3 Å². The number of hydrogen-bond acceptors (Lipinski definition) is 6. The van der Waals surface area contributed by atoms with Crippen molar-refractivity contribution in [1.29, 1.82) is 0 Å². The molecular formula is C48H46F10N4O6. The van der Waals surface area contributed by atoms with E-state index in [4.69, 9.17) is 10.2 Å². The van der Waals surface area contributed by atoms with E-state index in [-0.39, 0.29) is 48.4 Å². The number of carbonyl (C=O) groups is 4. The summed E-state index contributed by atoms with van der Waals surface area (Å²) in [5.74, 6) is -9.54. The van der Waals surface area contributed by atoms with Crippen molar-refractivity contribution in [3.05, 3.63) is 142 Å². The molecule has 2 saturated heterocycles. The SMILES string of the molecule is O=C(O)c1ccc(C2(NC(=O)C3CC(F)(F)CCN3Cc3cccc(C(F)(F)F)c3)CC2)cc1.O=C(O)c1ccc(C2(NC(=O)C3CC(F)(F)CCN3Cc3cccc(C(F)(F)F)c3)CC2)cc1. The highest BCUT2D eigenvalue weighted by atomic mass is 19.4. The van der Waals surface area contributed by atoms with Gasteiger partial charge in [0.1, 0.15) is 0 Å². The fraction of sp³-hybridized carbons (Fsp3) is 0.417. The molecule has 4 aromatic rings. The molecule has 0 spiro atoms. The number of likely N-dealkylation sites (tertiary alicyclic amines) is 2. The quantitative estimate of drug-likeness (QED) is 0.103. The third-order valence-electron chi connectivity index (χ3n) is 12.9. The number of nitrogens with zero attached hydrogens (tertiary/aromatic N) is 2. The highest BCUT2D eigenvalue weighted by Gasteiger charge is 2.51. The topological polar surface area (TPSA) is 139 Å². The molecule has 2 atom stereocenters. The molecule has 0 bridgehead atoms. The summed E-state index contributed by atoms with van der Waals surface area (Å²) in [5.41, 5.74) is -1.10. The maximum absolute atomic E-state index is 14.2. The van der Waals surface area contributed by atoms with Gasteiger partial charge in [-0.05, 0) is 84.3 Å². The summed E-state index contributed by atoms with van der Waals surface area (Å²) >= 11 is 0. The Bertz CT molecular complexity index is 2330. The first-order chi connectivity index (χ1) is 31.8. The van der Waals surface area contributed by atoms with Crippen LogP contribution in [0.5, 0.6) is 0 Å². The molecule has 68 heavy (non-hydrogen) atoms. The van der Waals surface area contributed by atoms with Gasteiger partial charge >= 0.3 is 24.3 Å². The van der Waals surface area contributed by atoms with Gasteiger partial charge in [-0.1, -0.05) is 60.7 Å². The minimum Gasteiger partial charge on any atom is -0.478 e. The molecule has 4 fully saturated rings. The van der Waals surface area contributed by atoms with Gasteiger partial charge in [-0.25, -0.2) is 27.2 Å². The van der Waals surface area contributed by atoms with Gasteiger partial charge in [0.15, 0.2) is 0 Å². The monoisotopic (exact) mass is 964 g/mol. The third-order valence-corrected chi connectivity index (χ3v) is 12.9. The Morgan fingerprint density at radius 1 is 0.529 bits per heavy atom. The number of halogens is 10. The first-order valence-electron chi connectivity index (χ1n) is 21.6. The molecule has 2 heterocycles. The van der Waals surface area contributed by atoms with Gasteiger partial charge in [0.05, 0.1) is 45.4 Å². The van der Waals surface area contributed by atoms with Crippen molar-refractivity contribution >= 4 is 23.8 Å². The van der Waals surface area contributed by atoms with E-state index in [2.05, 4.69) is 10.6 Å². The lowest BCUT2D eigenvalue weighted by molar-refractivity contribution is -0.139. The fourth-order valence-corrected chi connectivity index (χ4v) is 8.73. The Morgan fingerprint density at radius 2 is 0.868 bits per heavy atom. The van der Waals surface area contributed by atoms with Gasteiger partial charge < -0.3 is 20.8 Å². The number of carboxylic acids is 2. The molecule has 0 radical (unpaired) electrons. The molecule has 2 unspecified atom stereocenters. The highest BCUT2D eigenvalue weighted by Crippen LogP contribution is 2.47. The predicted octanol–water partition coefficient (Wildman–Crippen LogP) is 9.62. The van der Waals surface area contributed by atoms with Crippen molar-refractivity contribution in [3.8, 4) is 0 Å². The summed E-state index contributed by atoms with van der Waals surface area (Å²) in [5, 5.41) is 23.8. The van der Waals surface area contributed by atoms with Crippen LogP contribution in [0.3, 0.4) is 0 Å². The second-order valence-electron chi connectivity index (χ2n) is 17.9. The van der Waals surface area contributed by atoms with E-state index in [1.807, 2.05) is 0 Å². The van der Waals surface area contributed by atoms with Crippen LogP contribution in [-0.2, 0) is 46.1 Å². The summed E-state index contributed by atoms with van der Waals surface area (Å²) in [4.78, 5) is 51.4. The van der Waals surface area contributed by atoms with E-state index in [1.165, 1.54) is 58.3 Å². The standard InChI is InChI=1S/2C24H23F5N2O3/c2*25-23(26)10-11-31(14-15-2-1-3-18(12-15)24(27,28)29)19(13-23)20(32)30-22(8-9-22)17-6-4-16(5-7-17)21(33)34/h2*1-7,12,19H,8-11,13-14H2,(H,30,32)(H,33,34). The zero-order valence-electron chi connectivity index (χ0n) is 36.1. The van der Waals surface area contributed by atoms with Gasteiger partial charge in [0.25, 0.3) is 11.8 Å².